The zero-order valence-electron chi connectivity index (χ0n) is 11.5. The van der Waals surface area contributed by atoms with Crippen molar-refractivity contribution in [2.75, 3.05) is 24.2 Å². The van der Waals surface area contributed by atoms with E-state index >= 15 is 0 Å². The SMILES string of the molecule is Nc1ccc([N+](=O)[O-])cc1NC(=O)CC(NCCO)C(=O)O. The summed E-state index contributed by atoms with van der Waals surface area (Å²) >= 11 is 0. The zero-order valence-corrected chi connectivity index (χ0v) is 11.5. The third-order valence-electron chi connectivity index (χ3n) is 2.71. The molecule has 0 spiro atoms. The lowest BCUT2D eigenvalue weighted by Crippen LogP contribution is -2.41. The number of amides is 1. The van der Waals surface area contributed by atoms with Crippen molar-refractivity contribution >= 4 is 28.9 Å². The van der Waals surface area contributed by atoms with Crippen molar-refractivity contribution < 1.29 is 24.7 Å². The summed E-state index contributed by atoms with van der Waals surface area (Å²) in [6.45, 7) is -0.258. The maximum Gasteiger partial charge on any atom is 0.321 e. The number of aliphatic hydroxyl groups is 1. The van der Waals surface area contributed by atoms with Gasteiger partial charge in [0.1, 0.15) is 6.04 Å². The van der Waals surface area contributed by atoms with Crippen LogP contribution >= 0.6 is 0 Å². The molecule has 6 N–H and O–H groups in total. The van der Waals surface area contributed by atoms with Crippen LogP contribution in [0.2, 0.25) is 0 Å². The largest absolute Gasteiger partial charge is 0.480 e. The molecule has 0 saturated carbocycles. The van der Waals surface area contributed by atoms with E-state index in [0.29, 0.717) is 0 Å². The van der Waals surface area contributed by atoms with Gasteiger partial charge < -0.3 is 26.6 Å². The second-order valence-electron chi connectivity index (χ2n) is 4.35. The number of nitrogens with two attached hydrogens (primary N) is 1. The van der Waals surface area contributed by atoms with Crippen LogP contribution in [0.3, 0.4) is 0 Å². The van der Waals surface area contributed by atoms with Crippen molar-refractivity contribution in [2.45, 2.75) is 12.5 Å². The average Bonchev–Trinajstić information content (AvgIpc) is 2.45. The van der Waals surface area contributed by atoms with Crippen molar-refractivity contribution in [3.8, 4) is 0 Å². The number of carbonyl (C=O) groups excluding carboxylic acids is 1. The Morgan fingerprint density at radius 3 is 2.64 bits per heavy atom. The van der Waals surface area contributed by atoms with Crippen LogP contribution in [0.25, 0.3) is 0 Å². The Morgan fingerprint density at radius 2 is 2.09 bits per heavy atom. The molecular formula is C12H16N4O6. The summed E-state index contributed by atoms with van der Waals surface area (Å²) in [6.07, 6.45) is -0.419. The molecule has 1 aromatic carbocycles. The van der Waals surface area contributed by atoms with Gasteiger partial charge in [-0.25, -0.2) is 0 Å². The number of carbonyl (C=O) groups is 2. The summed E-state index contributed by atoms with van der Waals surface area (Å²) in [4.78, 5) is 32.8. The molecule has 0 radical (unpaired) electrons. The summed E-state index contributed by atoms with van der Waals surface area (Å²) in [5.41, 5.74) is 5.51. The van der Waals surface area contributed by atoms with Gasteiger partial charge in [-0.1, -0.05) is 0 Å². The van der Waals surface area contributed by atoms with Crippen molar-refractivity contribution in [3.63, 3.8) is 0 Å². The maximum atomic E-state index is 11.8. The van der Waals surface area contributed by atoms with Gasteiger partial charge in [-0.2, -0.15) is 0 Å². The lowest BCUT2D eigenvalue weighted by atomic mass is 10.2. The number of hydrogen-bond donors (Lipinski definition) is 5. The summed E-state index contributed by atoms with van der Waals surface area (Å²) in [7, 11) is 0. The number of nitro benzene ring substituents is 1. The minimum absolute atomic E-state index is 0.0171. The van der Waals surface area contributed by atoms with E-state index in [2.05, 4.69) is 10.6 Å². The smallest absolute Gasteiger partial charge is 0.321 e. The summed E-state index contributed by atoms with van der Waals surface area (Å²) < 4.78 is 0. The van der Waals surface area contributed by atoms with E-state index in [1.165, 1.54) is 12.1 Å². The fraction of sp³-hybridized carbons (Fsp3) is 0.333. The third-order valence-corrected chi connectivity index (χ3v) is 2.71. The number of rotatable bonds is 8. The second-order valence-corrected chi connectivity index (χ2v) is 4.35. The zero-order chi connectivity index (χ0) is 16.7. The second kappa shape index (κ2) is 7.90. The number of aliphatic carboxylic acids is 1. The normalized spacial score (nSPS) is 11.7. The number of nitro groups is 1. The van der Waals surface area contributed by atoms with Crippen LogP contribution in [-0.4, -0.2) is 46.2 Å². The molecule has 1 aromatic rings. The fourth-order valence-electron chi connectivity index (χ4n) is 1.64. The predicted molar refractivity (Wildman–Crippen MR) is 77.3 cm³/mol. The van der Waals surface area contributed by atoms with Gasteiger partial charge in [0.05, 0.1) is 29.3 Å². The number of carboxylic acids is 1. The number of aliphatic hydroxyl groups excluding tert-OH is 1. The number of nitrogens with one attached hydrogen (secondary N) is 2. The summed E-state index contributed by atoms with van der Waals surface area (Å²) in [6, 6.07) is 2.36. The van der Waals surface area contributed by atoms with E-state index in [9.17, 15) is 19.7 Å². The Labute approximate surface area is 125 Å². The highest BCUT2D eigenvalue weighted by Gasteiger charge is 2.21. The molecule has 1 rings (SSSR count). The van der Waals surface area contributed by atoms with Crippen LogP contribution in [0.5, 0.6) is 0 Å². The first kappa shape index (κ1) is 17.3. The van der Waals surface area contributed by atoms with Crippen molar-refractivity contribution in [1.29, 1.82) is 0 Å². The predicted octanol–water partition coefficient (Wildman–Crippen LogP) is -0.459. The standard InChI is InChI=1S/C12H16N4O6/c13-8-2-1-7(16(21)22)5-9(8)15-11(18)6-10(12(19)20)14-3-4-17/h1-2,5,10,14,17H,3-4,6,13H2,(H,15,18)(H,19,20). The molecule has 0 aliphatic rings. The van der Waals surface area contributed by atoms with Gasteiger partial charge in [0.25, 0.3) is 5.69 Å². The van der Waals surface area contributed by atoms with Crippen LogP contribution in [0, 0.1) is 10.1 Å². The molecule has 10 nitrogen and oxygen atoms in total. The quantitative estimate of drug-likeness (QED) is 0.244. The van der Waals surface area contributed by atoms with E-state index in [1.54, 1.807) is 0 Å². The van der Waals surface area contributed by atoms with Gasteiger partial charge in [0, 0.05) is 18.7 Å². The minimum Gasteiger partial charge on any atom is -0.480 e. The lowest BCUT2D eigenvalue weighted by molar-refractivity contribution is -0.384. The van der Waals surface area contributed by atoms with E-state index < -0.39 is 29.3 Å². The van der Waals surface area contributed by atoms with Crippen molar-refractivity contribution in [2.24, 2.45) is 0 Å². The van der Waals surface area contributed by atoms with E-state index in [1.807, 2.05) is 0 Å². The number of carboxylic acid groups (broad SMARTS) is 1. The van der Waals surface area contributed by atoms with Crippen LogP contribution in [-0.2, 0) is 9.59 Å². The van der Waals surface area contributed by atoms with Gasteiger partial charge in [-0.3, -0.25) is 19.7 Å². The summed E-state index contributed by atoms with van der Waals surface area (Å²) in [5, 5.41) is 33.1. The molecular weight excluding hydrogens is 296 g/mol. The Morgan fingerprint density at radius 1 is 1.41 bits per heavy atom. The molecule has 0 aliphatic carbocycles. The highest BCUT2D eigenvalue weighted by molar-refractivity contribution is 5.96. The number of anilines is 2. The van der Waals surface area contributed by atoms with Crippen LogP contribution in [0.4, 0.5) is 17.1 Å². The molecule has 10 heteroatoms. The molecule has 1 amide bonds. The van der Waals surface area contributed by atoms with Crippen LogP contribution < -0.4 is 16.4 Å². The number of hydrogen-bond acceptors (Lipinski definition) is 7. The third kappa shape index (κ3) is 5.00. The number of nitrogens with zero attached hydrogens (tertiary/aromatic N) is 1. The molecule has 0 aliphatic heterocycles. The molecule has 120 valence electrons. The van der Waals surface area contributed by atoms with Gasteiger partial charge in [-0.15, -0.1) is 0 Å². The molecule has 1 unspecified atom stereocenters. The van der Waals surface area contributed by atoms with E-state index in [0.717, 1.165) is 6.07 Å². The van der Waals surface area contributed by atoms with Crippen LogP contribution in [0.15, 0.2) is 18.2 Å². The first-order chi connectivity index (χ1) is 10.3. The van der Waals surface area contributed by atoms with Crippen LogP contribution in [0.1, 0.15) is 6.42 Å². The van der Waals surface area contributed by atoms with Gasteiger partial charge in [-0.05, 0) is 6.07 Å². The van der Waals surface area contributed by atoms with E-state index in [-0.39, 0.29) is 30.2 Å². The summed E-state index contributed by atoms with van der Waals surface area (Å²) in [5.74, 6) is -1.93. The highest BCUT2D eigenvalue weighted by Crippen LogP contribution is 2.24. The molecule has 0 bridgehead atoms. The molecule has 0 fully saturated rings. The topological polar surface area (TPSA) is 168 Å². The average molecular weight is 312 g/mol. The lowest BCUT2D eigenvalue weighted by Gasteiger charge is -2.14. The molecule has 0 saturated heterocycles. The number of nitrogen functional groups attached to an aromatic ring is 1. The Hall–Kier alpha value is -2.72. The highest BCUT2D eigenvalue weighted by atomic mass is 16.6. The van der Waals surface area contributed by atoms with E-state index in [4.69, 9.17) is 15.9 Å². The number of benzene rings is 1. The molecule has 0 aromatic heterocycles. The number of non-ortho nitro benzene ring substituents is 1. The Balaban J connectivity index is 2.77. The van der Waals surface area contributed by atoms with Gasteiger partial charge in [0.15, 0.2) is 0 Å². The molecule has 1 atom stereocenters. The first-order valence-corrected chi connectivity index (χ1v) is 6.26. The van der Waals surface area contributed by atoms with Crippen molar-refractivity contribution in [3.05, 3.63) is 28.3 Å². The minimum atomic E-state index is -1.25. The Kier molecular flexibility index (Phi) is 6.23. The van der Waals surface area contributed by atoms with Crippen molar-refractivity contribution in [1.82, 2.24) is 5.32 Å². The monoisotopic (exact) mass is 312 g/mol. The maximum absolute atomic E-state index is 11.8. The Bertz CT molecular complexity index is 577. The molecule has 22 heavy (non-hydrogen) atoms. The first-order valence-electron chi connectivity index (χ1n) is 6.26. The van der Waals surface area contributed by atoms with Gasteiger partial charge in [0.2, 0.25) is 5.91 Å². The molecule has 0 heterocycles. The van der Waals surface area contributed by atoms with Gasteiger partial charge >= 0.3 is 5.97 Å². The fourth-order valence-corrected chi connectivity index (χ4v) is 1.64.